The van der Waals surface area contributed by atoms with Crippen LogP contribution in [-0.4, -0.2) is 20.1 Å². The summed E-state index contributed by atoms with van der Waals surface area (Å²) in [5.41, 5.74) is 1.49. The van der Waals surface area contributed by atoms with E-state index >= 15 is 0 Å². The maximum absolute atomic E-state index is 13.8. The van der Waals surface area contributed by atoms with E-state index in [1.165, 1.54) is 12.1 Å². The molecule has 0 aliphatic rings. The van der Waals surface area contributed by atoms with Gasteiger partial charge < -0.3 is 15.7 Å². The first-order valence-electron chi connectivity index (χ1n) is 6.92. The molecular formula is C16H14FN5O. The van der Waals surface area contributed by atoms with Gasteiger partial charge in [0, 0.05) is 30.7 Å². The van der Waals surface area contributed by atoms with Crippen LogP contribution in [0.2, 0.25) is 0 Å². The molecular weight excluding hydrogens is 297 g/mol. The minimum absolute atomic E-state index is 0.0271. The summed E-state index contributed by atoms with van der Waals surface area (Å²) in [5, 5.41) is 15.3. The van der Waals surface area contributed by atoms with E-state index in [1.54, 1.807) is 24.5 Å². The summed E-state index contributed by atoms with van der Waals surface area (Å²) in [6, 6.07) is 10.1. The van der Waals surface area contributed by atoms with Crippen molar-refractivity contribution in [3.8, 4) is 5.75 Å². The van der Waals surface area contributed by atoms with Crippen molar-refractivity contribution in [2.75, 3.05) is 10.6 Å². The molecule has 3 aromatic rings. The smallest absolute Gasteiger partial charge is 0.225 e. The van der Waals surface area contributed by atoms with E-state index < -0.39 is 5.82 Å². The van der Waals surface area contributed by atoms with Gasteiger partial charge in [0.15, 0.2) is 11.6 Å². The summed E-state index contributed by atoms with van der Waals surface area (Å²) in [6.07, 6.45) is 4.50. The van der Waals surface area contributed by atoms with Crippen molar-refractivity contribution < 1.29 is 9.50 Å². The zero-order chi connectivity index (χ0) is 16.1. The Morgan fingerprint density at radius 2 is 2.04 bits per heavy atom. The Labute approximate surface area is 132 Å². The third kappa shape index (κ3) is 3.91. The van der Waals surface area contributed by atoms with Crippen LogP contribution >= 0.6 is 0 Å². The Hall–Kier alpha value is -3.22. The van der Waals surface area contributed by atoms with Crippen molar-refractivity contribution in [1.82, 2.24) is 15.0 Å². The van der Waals surface area contributed by atoms with Gasteiger partial charge in [0.25, 0.3) is 0 Å². The molecule has 0 atom stereocenters. The van der Waals surface area contributed by atoms with Crippen LogP contribution in [0.25, 0.3) is 0 Å². The third-order valence-corrected chi connectivity index (χ3v) is 3.03. The highest BCUT2D eigenvalue weighted by atomic mass is 19.1. The van der Waals surface area contributed by atoms with Crippen molar-refractivity contribution in [3.63, 3.8) is 0 Å². The number of hydrogen-bond acceptors (Lipinski definition) is 6. The van der Waals surface area contributed by atoms with Crippen molar-refractivity contribution in [1.29, 1.82) is 0 Å². The molecule has 6 nitrogen and oxygen atoms in total. The van der Waals surface area contributed by atoms with Crippen LogP contribution in [0.5, 0.6) is 5.75 Å². The van der Waals surface area contributed by atoms with Crippen LogP contribution in [0.1, 0.15) is 5.56 Å². The van der Waals surface area contributed by atoms with Crippen LogP contribution in [0.15, 0.2) is 55.0 Å². The molecule has 2 aromatic heterocycles. The standard InChI is InChI=1S/C16H14FN5O/c17-14-10-20-16(19-9-11-3-2-6-18-8-11)22-15(14)21-12-4-1-5-13(23)7-12/h1-8,10,23H,9H2,(H2,19,20,21,22). The van der Waals surface area contributed by atoms with Crippen LogP contribution in [0.4, 0.5) is 21.8 Å². The molecule has 2 heterocycles. The second-order valence-corrected chi connectivity index (χ2v) is 4.78. The summed E-state index contributed by atoms with van der Waals surface area (Å²) in [5.74, 6) is -0.183. The minimum Gasteiger partial charge on any atom is -0.508 e. The van der Waals surface area contributed by atoms with Gasteiger partial charge in [-0.05, 0) is 23.8 Å². The van der Waals surface area contributed by atoms with Gasteiger partial charge in [0.2, 0.25) is 5.95 Å². The number of aromatic hydroxyl groups is 1. The first kappa shape index (κ1) is 14.7. The average molecular weight is 311 g/mol. The molecule has 0 amide bonds. The third-order valence-electron chi connectivity index (χ3n) is 3.03. The monoisotopic (exact) mass is 311 g/mol. The Bertz CT molecular complexity index is 797. The lowest BCUT2D eigenvalue weighted by Gasteiger charge is -2.09. The van der Waals surface area contributed by atoms with Crippen molar-refractivity contribution >= 4 is 17.5 Å². The summed E-state index contributed by atoms with van der Waals surface area (Å²) in [7, 11) is 0. The Kier molecular flexibility index (Phi) is 4.28. The molecule has 1 aromatic carbocycles. The number of nitrogens with one attached hydrogen (secondary N) is 2. The van der Waals surface area contributed by atoms with Gasteiger partial charge in [-0.15, -0.1) is 0 Å². The quantitative estimate of drug-likeness (QED) is 0.671. The minimum atomic E-state index is -0.583. The van der Waals surface area contributed by atoms with Gasteiger partial charge >= 0.3 is 0 Å². The number of benzene rings is 1. The lowest BCUT2D eigenvalue weighted by Crippen LogP contribution is -2.06. The van der Waals surface area contributed by atoms with E-state index in [9.17, 15) is 9.50 Å². The number of pyridine rings is 1. The Balaban J connectivity index is 1.74. The Morgan fingerprint density at radius 3 is 2.83 bits per heavy atom. The SMILES string of the molecule is Oc1cccc(Nc2nc(NCc3cccnc3)ncc2F)c1. The van der Waals surface area contributed by atoms with Gasteiger partial charge in [0.1, 0.15) is 5.75 Å². The number of anilines is 3. The second-order valence-electron chi connectivity index (χ2n) is 4.78. The summed E-state index contributed by atoms with van der Waals surface area (Å²) < 4.78 is 13.8. The number of phenolic OH excluding ortho intramolecular Hbond substituents is 1. The molecule has 0 saturated heterocycles. The summed E-state index contributed by atoms with van der Waals surface area (Å²) in [4.78, 5) is 12.0. The fraction of sp³-hybridized carbons (Fsp3) is 0.0625. The number of nitrogens with zero attached hydrogens (tertiary/aromatic N) is 3. The first-order valence-corrected chi connectivity index (χ1v) is 6.92. The lowest BCUT2D eigenvalue weighted by atomic mass is 10.3. The molecule has 0 fully saturated rings. The molecule has 0 radical (unpaired) electrons. The van der Waals surface area contributed by atoms with Gasteiger partial charge in [-0.1, -0.05) is 12.1 Å². The predicted octanol–water partition coefficient (Wildman–Crippen LogP) is 3.07. The largest absolute Gasteiger partial charge is 0.508 e. The number of rotatable bonds is 5. The fourth-order valence-corrected chi connectivity index (χ4v) is 1.94. The molecule has 0 bridgehead atoms. The molecule has 23 heavy (non-hydrogen) atoms. The van der Waals surface area contributed by atoms with Crippen LogP contribution < -0.4 is 10.6 Å². The molecule has 0 saturated carbocycles. The zero-order valence-corrected chi connectivity index (χ0v) is 12.1. The molecule has 0 aliphatic carbocycles. The van der Waals surface area contributed by atoms with E-state index in [1.807, 2.05) is 12.1 Å². The zero-order valence-electron chi connectivity index (χ0n) is 12.1. The highest BCUT2D eigenvalue weighted by molar-refractivity contribution is 5.59. The molecule has 3 N–H and O–H groups in total. The van der Waals surface area contributed by atoms with Gasteiger partial charge in [-0.25, -0.2) is 9.37 Å². The lowest BCUT2D eigenvalue weighted by molar-refractivity contribution is 0.475. The highest BCUT2D eigenvalue weighted by Gasteiger charge is 2.08. The topological polar surface area (TPSA) is 83.0 Å². The van der Waals surface area contributed by atoms with Crippen LogP contribution in [0.3, 0.4) is 0 Å². The van der Waals surface area contributed by atoms with Gasteiger partial charge in [-0.2, -0.15) is 4.98 Å². The second kappa shape index (κ2) is 6.69. The molecule has 116 valence electrons. The molecule has 0 spiro atoms. The van der Waals surface area contributed by atoms with Gasteiger partial charge in [0.05, 0.1) is 6.20 Å². The van der Waals surface area contributed by atoms with E-state index in [0.717, 1.165) is 11.8 Å². The number of phenols is 1. The highest BCUT2D eigenvalue weighted by Crippen LogP contribution is 2.21. The number of halogens is 1. The van der Waals surface area contributed by atoms with E-state index in [0.29, 0.717) is 12.2 Å². The van der Waals surface area contributed by atoms with E-state index in [-0.39, 0.29) is 17.5 Å². The Morgan fingerprint density at radius 1 is 1.13 bits per heavy atom. The van der Waals surface area contributed by atoms with Gasteiger partial charge in [-0.3, -0.25) is 4.98 Å². The van der Waals surface area contributed by atoms with Crippen molar-refractivity contribution in [2.24, 2.45) is 0 Å². The predicted molar refractivity (Wildman–Crippen MR) is 84.9 cm³/mol. The first-order chi connectivity index (χ1) is 11.2. The van der Waals surface area contributed by atoms with Crippen LogP contribution in [0, 0.1) is 5.82 Å². The normalized spacial score (nSPS) is 10.3. The maximum atomic E-state index is 13.8. The van der Waals surface area contributed by atoms with E-state index in [4.69, 9.17) is 0 Å². The maximum Gasteiger partial charge on any atom is 0.225 e. The average Bonchev–Trinajstić information content (AvgIpc) is 2.57. The van der Waals surface area contributed by atoms with Crippen molar-refractivity contribution in [2.45, 2.75) is 6.54 Å². The molecule has 3 rings (SSSR count). The molecule has 0 aliphatic heterocycles. The number of aromatic nitrogens is 3. The summed E-state index contributed by atoms with van der Waals surface area (Å²) >= 11 is 0. The van der Waals surface area contributed by atoms with Crippen LogP contribution in [-0.2, 0) is 6.54 Å². The summed E-state index contributed by atoms with van der Waals surface area (Å²) in [6.45, 7) is 0.477. The number of hydrogen-bond donors (Lipinski definition) is 3. The molecule has 0 unspecified atom stereocenters. The van der Waals surface area contributed by atoms with E-state index in [2.05, 4.69) is 25.6 Å². The van der Waals surface area contributed by atoms with Crippen molar-refractivity contribution in [3.05, 3.63) is 66.4 Å². The fourth-order valence-electron chi connectivity index (χ4n) is 1.94. The molecule has 7 heteroatoms.